The van der Waals surface area contributed by atoms with Gasteiger partial charge in [0.05, 0.1) is 0 Å². The fraction of sp³-hybridized carbons (Fsp3) is 0.600. The first-order valence-corrected chi connectivity index (χ1v) is 5.45. The minimum absolute atomic E-state index is 0.101. The van der Waals surface area contributed by atoms with Crippen molar-refractivity contribution in [3.8, 4) is 0 Å². The van der Waals surface area contributed by atoms with Crippen molar-refractivity contribution in [1.29, 1.82) is 0 Å². The maximum atomic E-state index is 12.1. The minimum atomic E-state index is -0.340. The Morgan fingerprint density at radius 1 is 1.69 bits per heavy atom. The highest BCUT2D eigenvalue weighted by Crippen LogP contribution is 2.18. The predicted octanol–water partition coefficient (Wildman–Crippen LogP) is -0.473. The van der Waals surface area contributed by atoms with Gasteiger partial charge >= 0.3 is 5.69 Å². The molecule has 3 N–H and O–H groups in total. The SMILES string of the molecule is CNCC1CCCN1C(=O)c1c[nH]c(=O)[nH]1. The van der Waals surface area contributed by atoms with Crippen molar-refractivity contribution >= 4 is 5.91 Å². The average molecular weight is 224 g/mol. The summed E-state index contributed by atoms with van der Waals surface area (Å²) in [6, 6.07) is 0.232. The van der Waals surface area contributed by atoms with E-state index in [1.54, 1.807) is 0 Å². The molecular weight excluding hydrogens is 208 g/mol. The highest BCUT2D eigenvalue weighted by Gasteiger charge is 2.29. The first-order valence-electron chi connectivity index (χ1n) is 5.45. The summed E-state index contributed by atoms with van der Waals surface area (Å²) in [6.07, 6.45) is 3.47. The smallest absolute Gasteiger partial charge is 0.323 e. The molecule has 6 heteroatoms. The quantitative estimate of drug-likeness (QED) is 0.649. The molecule has 1 aromatic rings. The molecule has 1 aromatic heterocycles. The van der Waals surface area contributed by atoms with E-state index in [2.05, 4.69) is 15.3 Å². The van der Waals surface area contributed by atoms with Crippen molar-refractivity contribution in [1.82, 2.24) is 20.2 Å². The van der Waals surface area contributed by atoms with E-state index < -0.39 is 0 Å². The van der Waals surface area contributed by atoms with Crippen molar-refractivity contribution in [3.63, 3.8) is 0 Å². The molecule has 1 saturated heterocycles. The molecule has 1 fully saturated rings. The number of hydrogen-bond donors (Lipinski definition) is 3. The molecular formula is C10H16N4O2. The number of amides is 1. The molecule has 0 radical (unpaired) electrons. The molecule has 2 rings (SSSR count). The number of nitrogens with one attached hydrogen (secondary N) is 3. The Kier molecular flexibility index (Phi) is 3.09. The number of nitrogens with zero attached hydrogens (tertiary/aromatic N) is 1. The molecule has 16 heavy (non-hydrogen) atoms. The van der Waals surface area contributed by atoms with Crippen LogP contribution in [0, 0.1) is 0 Å². The normalized spacial score (nSPS) is 20.3. The van der Waals surface area contributed by atoms with Crippen LogP contribution in [0.25, 0.3) is 0 Å². The average Bonchev–Trinajstić information content (AvgIpc) is 2.87. The zero-order valence-corrected chi connectivity index (χ0v) is 9.25. The number of aromatic amines is 2. The number of imidazole rings is 1. The van der Waals surface area contributed by atoms with Crippen molar-refractivity contribution in [2.24, 2.45) is 0 Å². The van der Waals surface area contributed by atoms with Gasteiger partial charge in [-0.15, -0.1) is 0 Å². The van der Waals surface area contributed by atoms with Gasteiger partial charge in [-0.2, -0.15) is 0 Å². The predicted molar refractivity (Wildman–Crippen MR) is 59.4 cm³/mol. The van der Waals surface area contributed by atoms with Gasteiger partial charge in [-0.1, -0.05) is 0 Å². The minimum Gasteiger partial charge on any atom is -0.333 e. The highest BCUT2D eigenvalue weighted by atomic mass is 16.2. The summed E-state index contributed by atoms with van der Waals surface area (Å²) in [6.45, 7) is 1.55. The van der Waals surface area contributed by atoms with Crippen LogP contribution < -0.4 is 11.0 Å². The van der Waals surface area contributed by atoms with E-state index in [0.29, 0.717) is 5.69 Å². The summed E-state index contributed by atoms with van der Waals surface area (Å²) in [4.78, 5) is 29.7. The number of hydrogen-bond acceptors (Lipinski definition) is 3. The Bertz CT molecular complexity index is 422. The summed E-state index contributed by atoms with van der Waals surface area (Å²) in [5.41, 5.74) is 0.000663. The van der Waals surface area contributed by atoms with Gasteiger partial charge in [0, 0.05) is 25.3 Å². The van der Waals surface area contributed by atoms with E-state index in [1.807, 2.05) is 11.9 Å². The van der Waals surface area contributed by atoms with Crippen LogP contribution in [0.15, 0.2) is 11.0 Å². The third-order valence-corrected chi connectivity index (χ3v) is 2.90. The van der Waals surface area contributed by atoms with E-state index in [-0.39, 0.29) is 17.6 Å². The number of H-pyrrole nitrogens is 2. The van der Waals surface area contributed by atoms with Crippen LogP contribution in [-0.4, -0.2) is 47.0 Å². The maximum Gasteiger partial charge on any atom is 0.323 e. The summed E-state index contributed by atoms with van der Waals surface area (Å²) >= 11 is 0. The number of carbonyl (C=O) groups is 1. The second-order valence-electron chi connectivity index (χ2n) is 4.01. The Hall–Kier alpha value is -1.56. The molecule has 0 aliphatic carbocycles. The van der Waals surface area contributed by atoms with E-state index in [1.165, 1.54) is 6.20 Å². The Morgan fingerprint density at radius 2 is 2.50 bits per heavy atom. The Balaban J connectivity index is 2.12. The first kappa shape index (κ1) is 10.9. The van der Waals surface area contributed by atoms with Crippen LogP contribution in [0.1, 0.15) is 23.3 Å². The zero-order chi connectivity index (χ0) is 11.5. The van der Waals surface area contributed by atoms with Crippen LogP contribution in [-0.2, 0) is 0 Å². The van der Waals surface area contributed by atoms with Crippen LogP contribution in [0.5, 0.6) is 0 Å². The lowest BCUT2D eigenvalue weighted by Crippen LogP contribution is -2.41. The lowest BCUT2D eigenvalue weighted by atomic mass is 10.2. The van der Waals surface area contributed by atoms with Gasteiger partial charge in [0.2, 0.25) is 0 Å². The molecule has 6 nitrogen and oxygen atoms in total. The molecule has 88 valence electrons. The highest BCUT2D eigenvalue weighted by molar-refractivity contribution is 5.92. The Labute approximate surface area is 93.0 Å². The Morgan fingerprint density at radius 3 is 3.12 bits per heavy atom. The van der Waals surface area contributed by atoms with E-state index in [0.717, 1.165) is 25.9 Å². The van der Waals surface area contributed by atoms with Crippen molar-refractivity contribution in [2.45, 2.75) is 18.9 Å². The molecule has 2 heterocycles. The summed E-state index contributed by atoms with van der Waals surface area (Å²) in [7, 11) is 1.87. The van der Waals surface area contributed by atoms with Gasteiger partial charge in [0.25, 0.3) is 5.91 Å². The molecule has 1 atom stereocenters. The molecule has 0 spiro atoms. The third kappa shape index (κ3) is 2.01. The van der Waals surface area contributed by atoms with Gasteiger partial charge in [0.1, 0.15) is 5.69 Å². The number of aromatic nitrogens is 2. The summed E-state index contributed by atoms with van der Waals surface area (Å²) < 4.78 is 0. The molecule has 0 bridgehead atoms. The standard InChI is InChI=1S/C10H16N4O2/c1-11-5-7-3-2-4-14(7)9(15)8-6-12-10(16)13-8/h6-7,11H,2-5H2,1H3,(H2,12,13,16). The molecule has 1 aliphatic rings. The number of rotatable bonds is 3. The zero-order valence-electron chi connectivity index (χ0n) is 9.25. The molecule has 0 aromatic carbocycles. The van der Waals surface area contributed by atoms with Crippen LogP contribution in [0.4, 0.5) is 0 Å². The first-order chi connectivity index (χ1) is 7.72. The van der Waals surface area contributed by atoms with E-state index in [9.17, 15) is 9.59 Å². The fourth-order valence-corrected chi connectivity index (χ4v) is 2.15. The molecule has 1 amide bonds. The van der Waals surface area contributed by atoms with Crippen LogP contribution in [0.3, 0.4) is 0 Å². The lowest BCUT2D eigenvalue weighted by molar-refractivity contribution is 0.0731. The van der Waals surface area contributed by atoms with E-state index in [4.69, 9.17) is 0 Å². The largest absolute Gasteiger partial charge is 0.333 e. The van der Waals surface area contributed by atoms with Crippen molar-refractivity contribution in [2.75, 3.05) is 20.1 Å². The molecule has 1 unspecified atom stereocenters. The molecule has 1 aliphatic heterocycles. The maximum absolute atomic E-state index is 12.1. The number of likely N-dealkylation sites (tertiary alicyclic amines) is 1. The van der Waals surface area contributed by atoms with E-state index >= 15 is 0 Å². The van der Waals surface area contributed by atoms with Crippen LogP contribution in [0.2, 0.25) is 0 Å². The van der Waals surface area contributed by atoms with Gasteiger partial charge in [-0.3, -0.25) is 4.79 Å². The molecule has 0 saturated carbocycles. The lowest BCUT2D eigenvalue weighted by Gasteiger charge is -2.23. The summed E-state index contributed by atoms with van der Waals surface area (Å²) in [5, 5.41) is 3.08. The topological polar surface area (TPSA) is 81.0 Å². The second-order valence-corrected chi connectivity index (χ2v) is 4.01. The van der Waals surface area contributed by atoms with Crippen LogP contribution >= 0.6 is 0 Å². The fourth-order valence-electron chi connectivity index (χ4n) is 2.15. The van der Waals surface area contributed by atoms with Crippen molar-refractivity contribution < 1.29 is 4.79 Å². The van der Waals surface area contributed by atoms with Crippen molar-refractivity contribution in [3.05, 3.63) is 22.4 Å². The van der Waals surface area contributed by atoms with Gasteiger partial charge in [-0.25, -0.2) is 4.79 Å². The number of carbonyl (C=O) groups excluding carboxylic acids is 1. The van der Waals surface area contributed by atoms with Gasteiger partial charge in [-0.05, 0) is 19.9 Å². The monoisotopic (exact) mass is 224 g/mol. The van der Waals surface area contributed by atoms with Gasteiger partial charge < -0.3 is 20.2 Å². The third-order valence-electron chi connectivity index (χ3n) is 2.90. The second kappa shape index (κ2) is 4.52. The van der Waals surface area contributed by atoms with Gasteiger partial charge in [0.15, 0.2) is 0 Å². The number of likely N-dealkylation sites (N-methyl/N-ethyl adjacent to an activating group) is 1. The summed E-state index contributed by atoms with van der Waals surface area (Å²) in [5.74, 6) is -0.101.